The van der Waals surface area contributed by atoms with Crippen LogP contribution in [-0.4, -0.2) is 29.7 Å². The van der Waals surface area contributed by atoms with Crippen molar-refractivity contribution in [1.82, 2.24) is 5.32 Å². The molecule has 1 amide bonds. The number of nitrogens with two attached hydrogens (primary N) is 1. The summed E-state index contributed by atoms with van der Waals surface area (Å²) in [6.07, 6.45) is 5.04. The van der Waals surface area contributed by atoms with Crippen molar-refractivity contribution < 1.29 is 9.90 Å². The van der Waals surface area contributed by atoms with Crippen LogP contribution in [-0.2, 0) is 4.79 Å². The smallest absolute Gasteiger partial charge is 0.231 e. The van der Waals surface area contributed by atoms with E-state index in [4.69, 9.17) is 5.73 Å². The Kier molecular flexibility index (Phi) is 4.54. The van der Waals surface area contributed by atoms with Gasteiger partial charge in [0.25, 0.3) is 0 Å². The maximum Gasteiger partial charge on any atom is 0.231 e. The Hall–Kier alpha value is -0.610. The summed E-state index contributed by atoms with van der Waals surface area (Å²) in [6, 6.07) is 0. The van der Waals surface area contributed by atoms with Crippen molar-refractivity contribution >= 4 is 5.91 Å². The van der Waals surface area contributed by atoms with Crippen LogP contribution in [0, 0.1) is 5.92 Å². The lowest BCUT2D eigenvalue weighted by atomic mass is 9.78. The van der Waals surface area contributed by atoms with Gasteiger partial charge in [0.15, 0.2) is 0 Å². The van der Waals surface area contributed by atoms with E-state index in [2.05, 4.69) is 12.2 Å². The van der Waals surface area contributed by atoms with E-state index >= 15 is 0 Å². The second kappa shape index (κ2) is 5.47. The van der Waals surface area contributed by atoms with Gasteiger partial charge in [-0.1, -0.05) is 13.3 Å². The van der Waals surface area contributed by atoms with E-state index in [1.54, 1.807) is 0 Å². The molecule has 1 aliphatic rings. The van der Waals surface area contributed by atoms with Crippen molar-refractivity contribution in [2.75, 3.05) is 13.1 Å². The van der Waals surface area contributed by atoms with Gasteiger partial charge < -0.3 is 16.2 Å². The van der Waals surface area contributed by atoms with Gasteiger partial charge in [-0.05, 0) is 31.6 Å². The lowest BCUT2D eigenvalue weighted by Crippen LogP contribution is -2.45. The summed E-state index contributed by atoms with van der Waals surface area (Å²) >= 11 is 0. The first-order chi connectivity index (χ1) is 7.06. The van der Waals surface area contributed by atoms with E-state index in [0.29, 0.717) is 6.54 Å². The van der Waals surface area contributed by atoms with Crippen LogP contribution in [0.3, 0.4) is 0 Å². The van der Waals surface area contributed by atoms with Gasteiger partial charge in [-0.25, -0.2) is 0 Å². The molecule has 0 saturated heterocycles. The molecule has 1 aliphatic carbocycles. The van der Waals surface area contributed by atoms with Crippen molar-refractivity contribution in [3.63, 3.8) is 0 Å². The summed E-state index contributed by atoms with van der Waals surface area (Å²) in [5.41, 5.74) is 4.39. The highest BCUT2D eigenvalue weighted by atomic mass is 16.3. The summed E-state index contributed by atoms with van der Waals surface area (Å²) in [5.74, 6) is 0.391. The fourth-order valence-electron chi connectivity index (χ4n) is 2.22. The highest BCUT2D eigenvalue weighted by Gasteiger charge is 2.32. The molecule has 1 rings (SSSR count). The first-order valence-corrected chi connectivity index (χ1v) is 5.77. The average molecular weight is 214 g/mol. The predicted molar refractivity (Wildman–Crippen MR) is 59.3 cm³/mol. The Balaban J connectivity index is 2.25. The number of aliphatic hydroxyl groups is 1. The number of hydrogen-bond donors (Lipinski definition) is 3. The van der Waals surface area contributed by atoms with Crippen LogP contribution in [0.4, 0.5) is 0 Å². The van der Waals surface area contributed by atoms with Crippen molar-refractivity contribution in [2.24, 2.45) is 11.7 Å². The van der Waals surface area contributed by atoms with Crippen LogP contribution < -0.4 is 11.1 Å². The molecule has 4 nitrogen and oxygen atoms in total. The molecule has 0 spiro atoms. The number of amides is 1. The Morgan fingerprint density at radius 3 is 2.60 bits per heavy atom. The standard InChI is InChI=1S/C11H22N2O2/c1-2-9-3-5-11(15,6-4-9)8-13-7-10(12)14/h9,13,15H,2-8H2,1H3,(H2,12,14). The molecule has 88 valence electrons. The SMILES string of the molecule is CCC1CCC(O)(CNCC(N)=O)CC1. The molecule has 4 heteroatoms. The lowest BCUT2D eigenvalue weighted by Gasteiger charge is -2.35. The quantitative estimate of drug-likeness (QED) is 0.620. The third-order valence-electron chi connectivity index (χ3n) is 3.37. The largest absolute Gasteiger partial charge is 0.389 e. The third-order valence-corrected chi connectivity index (χ3v) is 3.37. The maximum atomic E-state index is 10.5. The van der Waals surface area contributed by atoms with Crippen LogP contribution in [0.2, 0.25) is 0 Å². The van der Waals surface area contributed by atoms with Crippen molar-refractivity contribution in [1.29, 1.82) is 0 Å². The molecule has 15 heavy (non-hydrogen) atoms. The van der Waals surface area contributed by atoms with Gasteiger partial charge >= 0.3 is 0 Å². The van der Waals surface area contributed by atoms with Crippen molar-refractivity contribution in [3.8, 4) is 0 Å². The molecule has 0 aromatic rings. The van der Waals surface area contributed by atoms with Gasteiger partial charge in [0.05, 0.1) is 12.1 Å². The van der Waals surface area contributed by atoms with Gasteiger partial charge in [0.1, 0.15) is 0 Å². The summed E-state index contributed by atoms with van der Waals surface area (Å²) < 4.78 is 0. The van der Waals surface area contributed by atoms with Gasteiger partial charge in [0, 0.05) is 6.54 Å². The van der Waals surface area contributed by atoms with Crippen LogP contribution in [0.1, 0.15) is 39.0 Å². The molecule has 0 aliphatic heterocycles. The van der Waals surface area contributed by atoms with E-state index in [-0.39, 0.29) is 12.5 Å². The van der Waals surface area contributed by atoms with E-state index in [1.807, 2.05) is 0 Å². The zero-order chi connectivity index (χ0) is 11.3. The average Bonchev–Trinajstić information content (AvgIpc) is 2.18. The van der Waals surface area contributed by atoms with E-state index < -0.39 is 5.60 Å². The predicted octanol–water partition coefficient (Wildman–Crippen LogP) is 0.393. The zero-order valence-electron chi connectivity index (χ0n) is 9.46. The van der Waals surface area contributed by atoms with E-state index in [1.165, 1.54) is 6.42 Å². The molecule has 0 aromatic carbocycles. The fraction of sp³-hybridized carbons (Fsp3) is 0.909. The normalized spacial score (nSPS) is 31.5. The first-order valence-electron chi connectivity index (χ1n) is 5.77. The highest BCUT2D eigenvalue weighted by Crippen LogP contribution is 2.33. The minimum absolute atomic E-state index is 0.152. The van der Waals surface area contributed by atoms with Gasteiger partial charge in [-0.2, -0.15) is 0 Å². The molecule has 0 radical (unpaired) electrons. The third kappa shape index (κ3) is 4.18. The Bertz CT molecular complexity index is 211. The molecule has 0 bridgehead atoms. The van der Waals surface area contributed by atoms with E-state index in [9.17, 15) is 9.90 Å². The second-order valence-electron chi connectivity index (χ2n) is 4.65. The molecule has 0 unspecified atom stereocenters. The number of hydrogen-bond acceptors (Lipinski definition) is 3. The Morgan fingerprint density at radius 1 is 1.53 bits per heavy atom. The summed E-state index contributed by atoms with van der Waals surface area (Å²) in [4.78, 5) is 10.5. The lowest BCUT2D eigenvalue weighted by molar-refractivity contribution is -0.117. The summed E-state index contributed by atoms with van der Waals surface area (Å²) in [6.45, 7) is 2.83. The molecule has 1 saturated carbocycles. The molecule has 0 atom stereocenters. The minimum atomic E-state index is -0.624. The molecule has 0 aromatic heterocycles. The van der Waals surface area contributed by atoms with E-state index in [0.717, 1.165) is 31.6 Å². The van der Waals surface area contributed by atoms with Crippen LogP contribution in [0.5, 0.6) is 0 Å². The number of carbonyl (C=O) groups excluding carboxylic acids is 1. The van der Waals surface area contributed by atoms with Crippen LogP contribution in [0.15, 0.2) is 0 Å². The number of primary amides is 1. The zero-order valence-corrected chi connectivity index (χ0v) is 9.46. The maximum absolute atomic E-state index is 10.5. The number of carbonyl (C=O) groups is 1. The van der Waals surface area contributed by atoms with Crippen LogP contribution in [0.25, 0.3) is 0 Å². The topological polar surface area (TPSA) is 75.3 Å². The number of nitrogens with one attached hydrogen (secondary N) is 1. The number of rotatable bonds is 5. The first kappa shape index (κ1) is 12.5. The minimum Gasteiger partial charge on any atom is -0.389 e. The van der Waals surface area contributed by atoms with Crippen molar-refractivity contribution in [3.05, 3.63) is 0 Å². The molecular formula is C11H22N2O2. The molecular weight excluding hydrogens is 192 g/mol. The monoisotopic (exact) mass is 214 g/mol. The molecule has 4 N–H and O–H groups in total. The van der Waals surface area contributed by atoms with Crippen LogP contribution >= 0.6 is 0 Å². The van der Waals surface area contributed by atoms with Crippen molar-refractivity contribution in [2.45, 2.75) is 44.6 Å². The Labute approximate surface area is 91.2 Å². The van der Waals surface area contributed by atoms with Gasteiger partial charge in [-0.15, -0.1) is 0 Å². The Morgan fingerprint density at radius 2 is 2.13 bits per heavy atom. The fourth-order valence-corrected chi connectivity index (χ4v) is 2.22. The van der Waals surface area contributed by atoms with Gasteiger partial charge in [-0.3, -0.25) is 4.79 Å². The summed E-state index contributed by atoms with van der Waals surface area (Å²) in [7, 11) is 0. The highest BCUT2D eigenvalue weighted by molar-refractivity contribution is 5.75. The van der Waals surface area contributed by atoms with Gasteiger partial charge in [0.2, 0.25) is 5.91 Å². The summed E-state index contributed by atoms with van der Waals surface area (Å²) in [5, 5.41) is 13.1. The second-order valence-corrected chi connectivity index (χ2v) is 4.65. The molecule has 0 heterocycles. The molecule has 1 fully saturated rings.